The summed E-state index contributed by atoms with van der Waals surface area (Å²) in [6.07, 6.45) is 0. The standard InChI is InChI=1S/C17H21ClN2/c1-4-19-17(15-7-5-6-8-16(15)18)13-9-11-14(12-10-13)20(2)3/h5-12,17,19H,4H2,1-3H3. The van der Waals surface area contributed by atoms with Gasteiger partial charge in [-0.15, -0.1) is 0 Å². The van der Waals surface area contributed by atoms with Crippen LogP contribution in [-0.4, -0.2) is 20.6 Å². The lowest BCUT2D eigenvalue weighted by Gasteiger charge is -2.21. The van der Waals surface area contributed by atoms with E-state index in [2.05, 4.69) is 47.5 Å². The van der Waals surface area contributed by atoms with Crippen LogP contribution in [0.1, 0.15) is 24.1 Å². The van der Waals surface area contributed by atoms with Crippen LogP contribution in [0.25, 0.3) is 0 Å². The van der Waals surface area contributed by atoms with Crippen molar-refractivity contribution in [3.8, 4) is 0 Å². The molecule has 1 N–H and O–H groups in total. The molecule has 0 saturated carbocycles. The van der Waals surface area contributed by atoms with Gasteiger partial charge in [-0.2, -0.15) is 0 Å². The molecule has 0 amide bonds. The Morgan fingerprint density at radius 2 is 1.70 bits per heavy atom. The van der Waals surface area contributed by atoms with Gasteiger partial charge in [-0.05, 0) is 35.9 Å². The first-order valence-electron chi connectivity index (χ1n) is 6.88. The van der Waals surface area contributed by atoms with Crippen LogP contribution in [0.5, 0.6) is 0 Å². The molecule has 0 bridgehead atoms. The Kier molecular flexibility index (Phi) is 5.05. The predicted molar refractivity (Wildman–Crippen MR) is 87.7 cm³/mol. The van der Waals surface area contributed by atoms with Gasteiger partial charge < -0.3 is 10.2 Å². The highest BCUT2D eigenvalue weighted by molar-refractivity contribution is 6.31. The topological polar surface area (TPSA) is 15.3 Å². The Balaban J connectivity index is 2.36. The third-order valence-corrected chi connectivity index (χ3v) is 3.71. The lowest BCUT2D eigenvalue weighted by molar-refractivity contribution is 0.631. The Morgan fingerprint density at radius 3 is 2.25 bits per heavy atom. The number of hydrogen-bond acceptors (Lipinski definition) is 2. The van der Waals surface area contributed by atoms with Crippen molar-refractivity contribution >= 4 is 17.3 Å². The van der Waals surface area contributed by atoms with E-state index in [1.54, 1.807) is 0 Å². The number of nitrogens with one attached hydrogen (secondary N) is 1. The van der Waals surface area contributed by atoms with Crippen molar-refractivity contribution in [1.82, 2.24) is 5.32 Å². The van der Waals surface area contributed by atoms with Crippen molar-refractivity contribution in [2.75, 3.05) is 25.5 Å². The van der Waals surface area contributed by atoms with Gasteiger partial charge in [0.2, 0.25) is 0 Å². The second kappa shape index (κ2) is 6.78. The smallest absolute Gasteiger partial charge is 0.0591 e. The van der Waals surface area contributed by atoms with E-state index in [4.69, 9.17) is 11.6 Å². The maximum Gasteiger partial charge on any atom is 0.0591 e. The summed E-state index contributed by atoms with van der Waals surface area (Å²) < 4.78 is 0. The average Bonchev–Trinajstić information content (AvgIpc) is 2.46. The summed E-state index contributed by atoms with van der Waals surface area (Å²) in [7, 11) is 4.09. The number of anilines is 1. The lowest BCUT2D eigenvalue weighted by atomic mass is 9.98. The molecule has 0 aliphatic carbocycles. The van der Waals surface area contributed by atoms with Crippen molar-refractivity contribution in [1.29, 1.82) is 0 Å². The van der Waals surface area contributed by atoms with Gasteiger partial charge >= 0.3 is 0 Å². The van der Waals surface area contributed by atoms with Gasteiger partial charge in [0.1, 0.15) is 0 Å². The van der Waals surface area contributed by atoms with E-state index in [-0.39, 0.29) is 6.04 Å². The summed E-state index contributed by atoms with van der Waals surface area (Å²) in [4.78, 5) is 2.10. The summed E-state index contributed by atoms with van der Waals surface area (Å²) in [6.45, 7) is 3.00. The molecule has 3 heteroatoms. The molecule has 2 aromatic carbocycles. The molecule has 0 spiro atoms. The number of halogens is 1. The summed E-state index contributed by atoms with van der Waals surface area (Å²) in [5.41, 5.74) is 3.54. The molecule has 0 radical (unpaired) electrons. The molecule has 2 aromatic rings. The zero-order valence-electron chi connectivity index (χ0n) is 12.2. The summed E-state index contributed by atoms with van der Waals surface area (Å²) in [5, 5.41) is 4.31. The van der Waals surface area contributed by atoms with Gasteiger partial charge in [0.25, 0.3) is 0 Å². The molecule has 0 aliphatic rings. The van der Waals surface area contributed by atoms with Crippen molar-refractivity contribution in [2.45, 2.75) is 13.0 Å². The number of hydrogen-bond donors (Lipinski definition) is 1. The highest BCUT2D eigenvalue weighted by atomic mass is 35.5. The van der Waals surface area contributed by atoms with Crippen LogP contribution in [0.2, 0.25) is 5.02 Å². The number of nitrogens with zero attached hydrogens (tertiary/aromatic N) is 1. The molecule has 0 fully saturated rings. The fraction of sp³-hybridized carbons (Fsp3) is 0.294. The van der Waals surface area contributed by atoms with Gasteiger partial charge in [0, 0.05) is 24.8 Å². The van der Waals surface area contributed by atoms with E-state index in [0.29, 0.717) is 0 Å². The molecular formula is C17H21ClN2. The second-order valence-corrected chi connectivity index (χ2v) is 5.41. The zero-order chi connectivity index (χ0) is 14.5. The SMILES string of the molecule is CCNC(c1ccc(N(C)C)cc1)c1ccccc1Cl. The Labute approximate surface area is 126 Å². The minimum Gasteiger partial charge on any atom is -0.378 e. The van der Waals surface area contributed by atoms with Crippen molar-refractivity contribution in [3.63, 3.8) is 0 Å². The number of benzene rings is 2. The first kappa shape index (κ1) is 14.9. The van der Waals surface area contributed by atoms with Crippen LogP contribution in [0.4, 0.5) is 5.69 Å². The Morgan fingerprint density at radius 1 is 1.05 bits per heavy atom. The van der Waals surface area contributed by atoms with E-state index >= 15 is 0 Å². The zero-order valence-corrected chi connectivity index (χ0v) is 13.0. The average molecular weight is 289 g/mol. The monoisotopic (exact) mass is 288 g/mol. The second-order valence-electron chi connectivity index (χ2n) is 5.00. The van der Waals surface area contributed by atoms with E-state index in [9.17, 15) is 0 Å². The van der Waals surface area contributed by atoms with Crippen molar-refractivity contribution in [2.24, 2.45) is 0 Å². The van der Waals surface area contributed by atoms with Crippen LogP contribution in [-0.2, 0) is 0 Å². The van der Waals surface area contributed by atoms with E-state index in [1.807, 2.05) is 32.3 Å². The molecule has 0 heterocycles. The molecule has 0 aliphatic heterocycles. The third-order valence-electron chi connectivity index (χ3n) is 3.37. The van der Waals surface area contributed by atoms with Crippen LogP contribution < -0.4 is 10.2 Å². The van der Waals surface area contributed by atoms with Crippen LogP contribution >= 0.6 is 11.6 Å². The van der Waals surface area contributed by atoms with Crippen molar-refractivity contribution in [3.05, 3.63) is 64.7 Å². The van der Waals surface area contributed by atoms with E-state index in [1.165, 1.54) is 11.3 Å². The molecule has 0 saturated heterocycles. The lowest BCUT2D eigenvalue weighted by Crippen LogP contribution is -2.22. The highest BCUT2D eigenvalue weighted by Crippen LogP contribution is 2.29. The fourth-order valence-corrected chi connectivity index (χ4v) is 2.53. The summed E-state index contributed by atoms with van der Waals surface area (Å²) in [5.74, 6) is 0. The van der Waals surface area contributed by atoms with Crippen LogP contribution in [0.3, 0.4) is 0 Å². The molecule has 2 nitrogen and oxygen atoms in total. The van der Waals surface area contributed by atoms with Gasteiger partial charge in [-0.25, -0.2) is 0 Å². The summed E-state index contributed by atoms with van der Waals surface area (Å²) >= 11 is 6.34. The predicted octanol–water partition coefficient (Wildman–Crippen LogP) is 4.10. The Hall–Kier alpha value is -1.51. The first-order valence-corrected chi connectivity index (χ1v) is 7.26. The normalized spacial score (nSPS) is 12.2. The van der Waals surface area contributed by atoms with Crippen LogP contribution in [0.15, 0.2) is 48.5 Å². The van der Waals surface area contributed by atoms with E-state index in [0.717, 1.165) is 17.1 Å². The van der Waals surface area contributed by atoms with Crippen molar-refractivity contribution < 1.29 is 0 Å². The maximum atomic E-state index is 6.34. The fourth-order valence-electron chi connectivity index (χ4n) is 2.29. The molecule has 20 heavy (non-hydrogen) atoms. The first-order chi connectivity index (χ1) is 9.63. The van der Waals surface area contributed by atoms with Gasteiger partial charge in [-0.1, -0.05) is 48.9 Å². The molecular weight excluding hydrogens is 268 g/mol. The minimum absolute atomic E-state index is 0.130. The minimum atomic E-state index is 0.130. The summed E-state index contributed by atoms with van der Waals surface area (Å²) in [6, 6.07) is 16.7. The molecule has 1 atom stereocenters. The van der Waals surface area contributed by atoms with Gasteiger partial charge in [-0.3, -0.25) is 0 Å². The van der Waals surface area contributed by atoms with Gasteiger partial charge in [0.05, 0.1) is 6.04 Å². The largest absolute Gasteiger partial charge is 0.378 e. The van der Waals surface area contributed by atoms with E-state index < -0.39 is 0 Å². The quantitative estimate of drug-likeness (QED) is 0.891. The third kappa shape index (κ3) is 3.33. The van der Waals surface area contributed by atoms with Crippen LogP contribution in [0, 0.1) is 0 Å². The maximum absolute atomic E-state index is 6.34. The van der Waals surface area contributed by atoms with Gasteiger partial charge in [0.15, 0.2) is 0 Å². The molecule has 1 unspecified atom stereocenters. The Bertz CT molecular complexity index is 549. The molecule has 106 valence electrons. The highest BCUT2D eigenvalue weighted by Gasteiger charge is 2.15. The molecule has 2 rings (SSSR count). The number of rotatable bonds is 5. The molecule has 0 aromatic heterocycles.